The zero-order valence-corrected chi connectivity index (χ0v) is 15.6. The Labute approximate surface area is 153 Å². The lowest BCUT2D eigenvalue weighted by Crippen LogP contribution is -2.36. The minimum atomic E-state index is -0.455. The third-order valence-electron chi connectivity index (χ3n) is 4.85. The van der Waals surface area contributed by atoms with E-state index in [9.17, 15) is 9.59 Å². The molecule has 0 aromatic heterocycles. The van der Waals surface area contributed by atoms with E-state index in [1.807, 2.05) is 24.3 Å². The molecule has 1 N–H and O–H groups in total. The minimum Gasteiger partial charge on any atom is -0.423 e. The first-order valence-electron chi connectivity index (χ1n) is 9.09. The number of esters is 2. The number of benzene rings is 2. The summed E-state index contributed by atoms with van der Waals surface area (Å²) in [5.41, 5.74) is 0.884. The fourth-order valence-electron chi connectivity index (χ4n) is 3.69. The highest BCUT2D eigenvalue weighted by Gasteiger charge is 2.28. The van der Waals surface area contributed by atoms with E-state index in [4.69, 9.17) is 9.47 Å². The van der Waals surface area contributed by atoms with Crippen LogP contribution in [0, 0.1) is 0 Å². The lowest BCUT2D eigenvalue weighted by atomic mass is 9.83. The molecule has 0 unspecified atom stereocenters. The van der Waals surface area contributed by atoms with Gasteiger partial charge in [0, 0.05) is 41.9 Å². The molecule has 1 aliphatic rings. The van der Waals surface area contributed by atoms with Crippen LogP contribution in [-0.4, -0.2) is 17.5 Å². The molecule has 2 aromatic carbocycles. The van der Waals surface area contributed by atoms with Gasteiger partial charge < -0.3 is 14.8 Å². The van der Waals surface area contributed by atoms with E-state index in [1.165, 1.54) is 33.1 Å². The molecular formula is C21H25NO4. The Balaban J connectivity index is 2.13. The molecule has 138 valence electrons. The maximum Gasteiger partial charge on any atom is 0.308 e. The van der Waals surface area contributed by atoms with Crippen molar-refractivity contribution in [3.05, 3.63) is 30.3 Å². The Morgan fingerprint density at radius 1 is 0.962 bits per heavy atom. The second kappa shape index (κ2) is 7.36. The molecule has 1 saturated carbocycles. The van der Waals surface area contributed by atoms with Gasteiger partial charge in [-0.15, -0.1) is 0 Å². The number of carbonyl (C=O) groups excluding carboxylic acids is 2. The fraction of sp³-hybridized carbons (Fsp3) is 0.429. The van der Waals surface area contributed by atoms with Gasteiger partial charge in [0.2, 0.25) is 0 Å². The summed E-state index contributed by atoms with van der Waals surface area (Å²) >= 11 is 0. The summed E-state index contributed by atoms with van der Waals surface area (Å²) in [6.45, 7) is 4.90. The molecule has 3 rings (SSSR count). The smallest absolute Gasteiger partial charge is 0.308 e. The molecule has 5 heteroatoms. The predicted molar refractivity (Wildman–Crippen MR) is 102 cm³/mol. The van der Waals surface area contributed by atoms with Gasteiger partial charge in [-0.2, -0.15) is 0 Å². The molecule has 0 radical (unpaired) electrons. The number of nitrogens with one attached hydrogen (secondary N) is 1. The van der Waals surface area contributed by atoms with Gasteiger partial charge in [-0.3, -0.25) is 9.59 Å². The molecule has 26 heavy (non-hydrogen) atoms. The van der Waals surface area contributed by atoms with Crippen LogP contribution in [0.15, 0.2) is 30.3 Å². The van der Waals surface area contributed by atoms with Gasteiger partial charge in [-0.25, -0.2) is 0 Å². The van der Waals surface area contributed by atoms with E-state index in [0.717, 1.165) is 29.3 Å². The lowest BCUT2D eigenvalue weighted by Gasteiger charge is -2.36. The van der Waals surface area contributed by atoms with Gasteiger partial charge in [0.15, 0.2) is 11.5 Å². The zero-order chi connectivity index (χ0) is 18.7. The normalized spacial score (nSPS) is 16.1. The van der Waals surface area contributed by atoms with Crippen molar-refractivity contribution in [2.75, 3.05) is 5.32 Å². The molecule has 0 saturated heterocycles. The summed E-state index contributed by atoms with van der Waals surface area (Å²) in [7, 11) is 0. The van der Waals surface area contributed by atoms with E-state index >= 15 is 0 Å². The average molecular weight is 355 g/mol. The molecule has 0 aliphatic heterocycles. The van der Waals surface area contributed by atoms with Crippen LogP contribution in [0.1, 0.15) is 52.9 Å². The van der Waals surface area contributed by atoms with Crippen molar-refractivity contribution in [2.24, 2.45) is 0 Å². The van der Waals surface area contributed by atoms with Crippen molar-refractivity contribution in [1.82, 2.24) is 0 Å². The summed E-state index contributed by atoms with van der Waals surface area (Å²) in [6, 6.07) is 9.43. The molecule has 1 fully saturated rings. The number of fused-ring (bicyclic) bond motifs is 1. The van der Waals surface area contributed by atoms with E-state index in [-0.39, 0.29) is 17.0 Å². The third kappa shape index (κ3) is 3.98. The van der Waals surface area contributed by atoms with Crippen molar-refractivity contribution >= 4 is 28.4 Å². The molecule has 0 amide bonds. The number of hydrogen-bond donors (Lipinski definition) is 1. The van der Waals surface area contributed by atoms with Crippen LogP contribution in [0.4, 0.5) is 5.69 Å². The highest BCUT2D eigenvalue weighted by atomic mass is 16.6. The van der Waals surface area contributed by atoms with Gasteiger partial charge in [0.05, 0.1) is 0 Å². The largest absolute Gasteiger partial charge is 0.423 e. The second-order valence-corrected chi connectivity index (χ2v) is 7.23. The molecule has 0 atom stereocenters. The fourth-order valence-corrected chi connectivity index (χ4v) is 3.69. The first-order valence-corrected chi connectivity index (χ1v) is 9.09. The average Bonchev–Trinajstić information content (AvgIpc) is 2.58. The molecule has 1 aliphatic carbocycles. The quantitative estimate of drug-likeness (QED) is 0.629. The van der Waals surface area contributed by atoms with Gasteiger partial charge in [-0.05, 0) is 19.8 Å². The maximum atomic E-state index is 11.6. The molecule has 0 spiro atoms. The predicted octanol–water partition coefficient (Wildman–Crippen LogP) is 4.83. The molecular weight excluding hydrogens is 330 g/mol. The molecule has 0 heterocycles. The summed E-state index contributed by atoms with van der Waals surface area (Å²) in [4.78, 5) is 23.1. The number of carbonyl (C=O) groups is 2. The van der Waals surface area contributed by atoms with Gasteiger partial charge in [0.1, 0.15) is 0 Å². The van der Waals surface area contributed by atoms with Crippen molar-refractivity contribution in [2.45, 2.75) is 58.4 Å². The van der Waals surface area contributed by atoms with Crippen LogP contribution < -0.4 is 14.8 Å². The number of rotatable bonds is 4. The van der Waals surface area contributed by atoms with Crippen LogP contribution in [0.25, 0.3) is 10.8 Å². The van der Waals surface area contributed by atoms with Crippen LogP contribution in [-0.2, 0) is 9.59 Å². The Morgan fingerprint density at radius 2 is 1.58 bits per heavy atom. The van der Waals surface area contributed by atoms with Gasteiger partial charge in [-0.1, -0.05) is 43.5 Å². The Bertz CT molecular complexity index is 837. The van der Waals surface area contributed by atoms with Crippen LogP contribution in [0.3, 0.4) is 0 Å². The van der Waals surface area contributed by atoms with Crippen molar-refractivity contribution in [3.63, 3.8) is 0 Å². The van der Waals surface area contributed by atoms with Crippen LogP contribution in [0.2, 0.25) is 0 Å². The van der Waals surface area contributed by atoms with E-state index in [2.05, 4.69) is 12.2 Å². The van der Waals surface area contributed by atoms with Crippen LogP contribution in [0.5, 0.6) is 11.5 Å². The van der Waals surface area contributed by atoms with Crippen molar-refractivity contribution in [3.8, 4) is 11.5 Å². The summed E-state index contributed by atoms with van der Waals surface area (Å²) in [5, 5.41) is 5.34. The van der Waals surface area contributed by atoms with Gasteiger partial charge >= 0.3 is 11.9 Å². The number of hydrogen-bond acceptors (Lipinski definition) is 5. The maximum absolute atomic E-state index is 11.6. The molecule has 5 nitrogen and oxygen atoms in total. The Kier molecular flexibility index (Phi) is 5.16. The monoisotopic (exact) mass is 355 g/mol. The molecule has 0 bridgehead atoms. The first kappa shape index (κ1) is 18.2. The highest BCUT2D eigenvalue weighted by Crippen LogP contribution is 2.43. The Morgan fingerprint density at radius 3 is 2.19 bits per heavy atom. The van der Waals surface area contributed by atoms with Crippen molar-refractivity contribution in [1.29, 1.82) is 0 Å². The zero-order valence-electron chi connectivity index (χ0n) is 15.6. The summed E-state index contributed by atoms with van der Waals surface area (Å²) in [5.74, 6) is -0.372. The number of ether oxygens (including phenoxy) is 2. The molecule has 2 aromatic rings. The SMILES string of the molecule is CC(=O)Oc1cc(NC2(C)CCCCC2)c2ccccc2c1OC(C)=O. The summed E-state index contributed by atoms with van der Waals surface area (Å²) in [6.07, 6.45) is 5.85. The topological polar surface area (TPSA) is 64.6 Å². The minimum absolute atomic E-state index is 0.00252. The highest BCUT2D eigenvalue weighted by molar-refractivity contribution is 6.01. The van der Waals surface area contributed by atoms with Gasteiger partial charge in [0.25, 0.3) is 0 Å². The van der Waals surface area contributed by atoms with Crippen LogP contribution >= 0.6 is 0 Å². The second-order valence-electron chi connectivity index (χ2n) is 7.23. The Hall–Kier alpha value is -2.56. The summed E-state index contributed by atoms with van der Waals surface area (Å²) < 4.78 is 10.7. The number of anilines is 1. The third-order valence-corrected chi connectivity index (χ3v) is 4.85. The first-order chi connectivity index (χ1) is 12.4. The van der Waals surface area contributed by atoms with Crippen molar-refractivity contribution < 1.29 is 19.1 Å². The van der Waals surface area contributed by atoms with E-state index in [0.29, 0.717) is 0 Å². The standard InChI is InChI=1S/C21H25NO4/c1-14(23)25-19-13-18(22-21(3)11-7-4-8-12-21)16-9-5-6-10-17(16)20(19)26-15(2)24/h5-6,9-10,13,22H,4,7-8,11-12H2,1-3H3. The van der Waals surface area contributed by atoms with E-state index < -0.39 is 11.9 Å². The lowest BCUT2D eigenvalue weighted by molar-refractivity contribution is -0.134. The van der Waals surface area contributed by atoms with E-state index in [1.54, 1.807) is 6.07 Å².